The average molecular weight is 529 g/mol. The summed E-state index contributed by atoms with van der Waals surface area (Å²) in [6, 6.07) is 4.16. The number of hydrogen-bond donors (Lipinski definition) is 2. The van der Waals surface area contributed by atoms with Crippen LogP contribution in [0, 0.1) is 5.92 Å². The Balaban J connectivity index is 0.00000320. The number of carbonyl (C=O) groups is 1. The topological polar surface area (TPSA) is 78.8 Å². The van der Waals surface area contributed by atoms with E-state index in [-0.39, 0.29) is 35.9 Å². The molecule has 1 atom stereocenters. The van der Waals surface area contributed by atoms with Gasteiger partial charge >= 0.3 is 0 Å². The number of ether oxygens (including phenoxy) is 1. The maximum atomic E-state index is 12.8. The van der Waals surface area contributed by atoms with Crippen LogP contribution in [0.5, 0.6) is 5.88 Å². The minimum atomic E-state index is 0. The second kappa shape index (κ2) is 13.0. The molecule has 0 bridgehead atoms. The van der Waals surface area contributed by atoms with Crippen molar-refractivity contribution in [3.8, 4) is 5.88 Å². The predicted octanol–water partition coefficient (Wildman–Crippen LogP) is 3.33. The van der Waals surface area contributed by atoms with Gasteiger partial charge in [-0.3, -0.25) is 9.79 Å². The van der Waals surface area contributed by atoms with Crippen LogP contribution in [0.25, 0.3) is 0 Å². The van der Waals surface area contributed by atoms with E-state index in [0.717, 1.165) is 50.3 Å². The van der Waals surface area contributed by atoms with Gasteiger partial charge in [-0.15, -0.1) is 24.0 Å². The van der Waals surface area contributed by atoms with Crippen LogP contribution in [0.15, 0.2) is 23.3 Å². The molecule has 1 aromatic heterocycles. The van der Waals surface area contributed by atoms with Crippen LogP contribution in [0.4, 0.5) is 0 Å². The van der Waals surface area contributed by atoms with Crippen molar-refractivity contribution in [3.05, 3.63) is 23.9 Å². The minimum Gasteiger partial charge on any atom is -0.477 e. The first-order valence-electron chi connectivity index (χ1n) is 11.0. The van der Waals surface area contributed by atoms with E-state index in [9.17, 15) is 4.79 Å². The highest BCUT2D eigenvalue weighted by Crippen LogP contribution is 2.26. The zero-order chi connectivity index (χ0) is 20.5. The first kappa shape index (κ1) is 24.7. The molecule has 1 aliphatic heterocycles. The number of amides is 1. The van der Waals surface area contributed by atoms with Crippen molar-refractivity contribution in [1.82, 2.24) is 20.5 Å². The summed E-state index contributed by atoms with van der Waals surface area (Å²) in [7, 11) is 1.77. The first-order valence-corrected chi connectivity index (χ1v) is 11.0. The number of nitrogens with zero attached hydrogens (tertiary/aromatic N) is 3. The third-order valence-corrected chi connectivity index (χ3v) is 5.76. The number of pyridine rings is 1. The number of carbonyl (C=O) groups excluding carboxylic acids is 1. The minimum absolute atomic E-state index is 0. The molecular weight excluding hydrogens is 493 g/mol. The molecule has 30 heavy (non-hydrogen) atoms. The summed E-state index contributed by atoms with van der Waals surface area (Å²) in [5, 5.41) is 6.82. The lowest BCUT2D eigenvalue weighted by Crippen LogP contribution is -2.45. The summed E-state index contributed by atoms with van der Waals surface area (Å²) in [4.78, 5) is 23.5. The van der Waals surface area contributed by atoms with Gasteiger partial charge in [-0.2, -0.15) is 0 Å². The molecule has 3 rings (SSSR count). The summed E-state index contributed by atoms with van der Waals surface area (Å²) >= 11 is 0. The van der Waals surface area contributed by atoms with E-state index in [2.05, 4.69) is 27.5 Å². The highest BCUT2D eigenvalue weighted by molar-refractivity contribution is 14.0. The van der Waals surface area contributed by atoms with E-state index < -0.39 is 0 Å². The van der Waals surface area contributed by atoms with Crippen LogP contribution >= 0.6 is 24.0 Å². The zero-order valence-electron chi connectivity index (χ0n) is 18.2. The second-order valence-electron chi connectivity index (χ2n) is 7.99. The van der Waals surface area contributed by atoms with Gasteiger partial charge in [0.25, 0.3) is 0 Å². The summed E-state index contributed by atoms with van der Waals surface area (Å²) in [6.45, 7) is 4.92. The van der Waals surface area contributed by atoms with Gasteiger partial charge in [0.05, 0.1) is 6.61 Å². The highest BCUT2D eigenvalue weighted by atomic mass is 127. The van der Waals surface area contributed by atoms with Crippen molar-refractivity contribution in [2.45, 2.75) is 64.5 Å². The lowest BCUT2D eigenvalue weighted by atomic mass is 9.88. The Morgan fingerprint density at radius 3 is 2.83 bits per heavy atom. The summed E-state index contributed by atoms with van der Waals surface area (Å²) in [5.41, 5.74) is 1.00. The molecule has 1 amide bonds. The normalized spacial score (nSPS) is 19.9. The fourth-order valence-corrected chi connectivity index (χ4v) is 4.14. The first-order chi connectivity index (χ1) is 14.2. The molecule has 0 spiro atoms. The number of aromatic nitrogens is 1. The Labute approximate surface area is 197 Å². The van der Waals surface area contributed by atoms with Gasteiger partial charge in [0, 0.05) is 50.4 Å². The zero-order valence-corrected chi connectivity index (χ0v) is 20.6. The number of nitrogens with one attached hydrogen (secondary N) is 2. The Hall–Kier alpha value is -1.58. The van der Waals surface area contributed by atoms with Crippen LogP contribution in [0.1, 0.15) is 57.4 Å². The fourth-order valence-electron chi connectivity index (χ4n) is 4.14. The van der Waals surface area contributed by atoms with E-state index in [1.807, 2.05) is 17.0 Å². The van der Waals surface area contributed by atoms with Gasteiger partial charge in [-0.05, 0) is 31.7 Å². The van der Waals surface area contributed by atoms with Gasteiger partial charge < -0.3 is 20.3 Å². The molecule has 0 aromatic carbocycles. The Morgan fingerprint density at radius 1 is 1.30 bits per heavy atom. The van der Waals surface area contributed by atoms with Gasteiger partial charge in [0.2, 0.25) is 11.8 Å². The Morgan fingerprint density at radius 2 is 2.10 bits per heavy atom. The highest BCUT2D eigenvalue weighted by Gasteiger charge is 2.31. The Kier molecular flexibility index (Phi) is 10.7. The molecule has 1 aromatic rings. The van der Waals surface area contributed by atoms with Crippen LogP contribution in [-0.2, 0) is 11.3 Å². The monoisotopic (exact) mass is 529 g/mol. The maximum Gasteiger partial charge on any atom is 0.225 e. The van der Waals surface area contributed by atoms with Crippen molar-refractivity contribution >= 4 is 35.8 Å². The van der Waals surface area contributed by atoms with Gasteiger partial charge in [-0.25, -0.2) is 4.98 Å². The van der Waals surface area contributed by atoms with Crippen LogP contribution in [0.3, 0.4) is 0 Å². The molecule has 7 nitrogen and oxygen atoms in total. The molecule has 0 radical (unpaired) electrons. The molecule has 8 heteroatoms. The SMILES string of the molecule is CCCOc1ncccc1CNC(=NC)NC1CCN(C(=O)C2CCCCC2)C1.I. The molecule has 2 fully saturated rings. The molecule has 1 saturated carbocycles. The van der Waals surface area contributed by atoms with Gasteiger partial charge in [-0.1, -0.05) is 32.3 Å². The largest absolute Gasteiger partial charge is 0.477 e. The van der Waals surface area contributed by atoms with Crippen LogP contribution < -0.4 is 15.4 Å². The van der Waals surface area contributed by atoms with Crippen LogP contribution in [0.2, 0.25) is 0 Å². The molecule has 2 aliphatic rings. The summed E-state index contributed by atoms with van der Waals surface area (Å²) in [5.74, 6) is 2.01. The molecule has 2 heterocycles. The number of guanidine groups is 1. The number of rotatable bonds is 7. The molecule has 1 aliphatic carbocycles. The van der Waals surface area contributed by atoms with Crippen molar-refractivity contribution in [3.63, 3.8) is 0 Å². The number of likely N-dealkylation sites (tertiary alicyclic amines) is 1. The molecule has 2 N–H and O–H groups in total. The van der Waals surface area contributed by atoms with Crippen molar-refractivity contribution in [2.24, 2.45) is 10.9 Å². The van der Waals surface area contributed by atoms with Gasteiger partial charge in [0.15, 0.2) is 5.96 Å². The smallest absolute Gasteiger partial charge is 0.225 e. The second-order valence-corrected chi connectivity index (χ2v) is 7.99. The molecular formula is C22H36IN5O2. The number of aliphatic imine (C=N–C) groups is 1. The summed E-state index contributed by atoms with van der Waals surface area (Å²) < 4.78 is 5.73. The lowest BCUT2D eigenvalue weighted by molar-refractivity contribution is -0.135. The van der Waals surface area contributed by atoms with E-state index in [1.165, 1.54) is 19.3 Å². The van der Waals surface area contributed by atoms with Crippen LogP contribution in [-0.4, -0.2) is 54.5 Å². The maximum absolute atomic E-state index is 12.8. The molecule has 168 valence electrons. The number of hydrogen-bond acceptors (Lipinski definition) is 4. The molecule has 1 unspecified atom stereocenters. The van der Waals surface area contributed by atoms with E-state index in [0.29, 0.717) is 24.9 Å². The predicted molar refractivity (Wildman–Crippen MR) is 130 cm³/mol. The van der Waals surface area contributed by atoms with Crippen molar-refractivity contribution < 1.29 is 9.53 Å². The third-order valence-electron chi connectivity index (χ3n) is 5.76. The average Bonchev–Trinajstić information content (AvgIpc) is 3.24. The quantitative estimate of drug-likeness (QED) is 0.322. The van der Waals surface area contributed by atoms with E-state index in [1.54, 1.807) is 13.2 Å². The summed E-state index contributed by atoms with van der Waals surface area (Å²) in [6.07, 6.45) is 9.44. The standard InChI is InChI=1S/C22H35N5O2.HI/c1-3-14-29-20-18(10-7-12-24-20)15-25-22(23-2)26-19-11-13-27(16-19)21(28)17-8-5-4-6-9-17;/h7,10,12,17,19H,3-6,8-9,11,13-16H2,1-2H3,(H2,23,25,26);1H. The Bertz CT molecular complexity index is 694. The lowest BCUT2D eigenvalue weighted by Gasteiger charge is -2.26. The fraction of sp³-hybridized carbons (Fsp3) is 0.682. The van der Waals surface area contributed by atoms with Crippen molar-refractivity contribution in [1.29, 1.82) is 0 Å². The van der Waals surface area contributed by atoms with E-state index in [4.69, 9.17) is 4.74 Å². The third kappa shape index (κ3) is 6.99. The van der Waals surface area contributed by atoms with Crippen molar-refractivity contribution in [2.75, 3.05) is 26.7 Å². The van der Waals surface area contributed by atoms with Gasteiger partial charge in [0.1, 0.15) is 0 Å². The number of halogens is 1. The molecule has 1 saturated heterocycles. The van der Waals surface area contributed by atoms with E-state index >= 15 is 0 Å².